The van der Waals surface area contributed by atoms with Crippen molar-refractivity contribution in [3.63, 3.8) is 0 Å². The van der Waals surface area contributed by atoms with Gasteiger partial charge in [-0.25, -0.2) is 13.4 Å². The standard InChI is InChI=1S/C16H17N3O3S/c1-18-11-14(12-7-4-5-8-13(12)18)19(2)23(20,21)15-9-6-10-17-16(15)22-3/h4-11H,1-3H3. The van der Waals surface area contributed by atoms with Gasteiger partial charge in [-0.15, -0.1) is 0 Å². The molecule has 0 atom stereocenters. The van der Waals surface area contributed by atoms with Gasteiger partial charge in [0, 0.05) is 37.4 Å². The maximum atomic E-state index is 13.0. The highest BCUT2D eigenvalue weighted by Gasteiger charge is 2.27. The minimum atomic E-state index is -3.78. The number of anilines is 1. The van der Waals surface area contributed by atoms with Crippen LogP contribution in [-0.2, 0) is 17.1 Å². The number of para-hydroxylation sites is 1. The molecule has 23 heavy (non-hydrogen) atoms. The molecule has 120 valence electrons. The molecule has 0 amide bonds. The number of pyridine rings is 1. The van der Waals surface area contributed by atoms with Gasteiger partial charge in [0.15, 0.2) is 0 Å². The van der Waals surface area contributed by atoms with Gasteiger partial charge in [0.25, 0.3) is 10.0 Å². The molecule has 3 rings (SSSR count). The van der Waals surface area contributed by atoms with E-state index >= 15 is 0 Å². The molecule has 0 saturated carbocycles. The Kier molecular flexibility index (Phi) is 3.73. The van der Waals surface area contributed by atoms with E-state index in [0.29, 0.717) is 5.69 Å². The Morgan fingerprint density at radius 1 is 1.17 bits per heavy atom. The second-order valence-electron chi connectivity index (χ2n) is 5.13. The van der Waals surface area contributed by atoms with E-state index < -0.39 is 10.0 Å². The van der Waals surface area contributed by atoms with Crippen molar-refractivity contribution in [1.29, 1.82) is 0 Å². The molecule has 2 aromatic heterocycles. The molecule has 2 heterocycles. The summed E-state index contributed by atoms with van der Waals surface area (Å²) in [7, 11) is 1.04. The largest absolute Gasteiger partial charge is 0.480 e. The molecule has 0 aliphatic heterocycles. The fraction of sp³-hybridized carbons (Fsp3) is 0.188. The van der Waals surface area contributed by atoms with Crippen LogP contribution in [0.4, 0.5) is 5.69 Å². The van der Waals surface area contributed by atoms with Crippen LogP contribution >= 0.6 is 0 Å². The first-order chi connectivity index (χ1) is 11.0. The Bertz CT molecular complexity index is 964. The molecule has 0 N–H and O–H groups in total. The summed E-state index contributed by atoms with van der Waals surface area (Å²) in [5, 5.41) is 0.865. The molecule has 1 aromatic carbocycles. The van der Waals surface area contributed by atoms with Crippen molar-refractivity contribution in [3.8, 4) is 5.88 Å². The summed E-state index contributed by atoms with van der Waals surface area (Å²) in [4.78, 5) is 4.01. The molecular weight excluding hydrogens is 314 g/mol. The summed E-state index contributed by atoms with van der Waals surface area (Å²) in [6.07, 6.45) is 3.29. The van der Waals surface area contributed by atoms with Crippen molar-refractivity contribution in [2.45, 2.75) is 4.90 Å². The second kappa shape index (κ2) is 5.58. The molecular formula is C16H17N3O3S. The third-order valence-corrected chi connectivity index (χ3v) is 5.57. The van der Waals surface area contributed by atoms with E-state index in [2.05, 4.69) is 4.98 Å². The fourth-order valence-corrected chi connectivity index (χ4v) is 3.88. The number of benzene rings is 1. The predicted molar refractivity (Wildman–Crippen MR) is 89.3 cm³/mol. The van der Waals surface area contributed by atoms with Gasteiger partial charge < -0.3 is 9.30 Å². The third-order valence-electron chi connectivity index (χ3n) is 3.78. The Morgan fingerprint density at radius 3 is 2.65 bits per heavy atom. The van der Waals surface area contributed by atoms with Gasteiger partial charge in [0.2, 0.25) is 5.88 Å². The van der Waals surface area contributed by atoms with Gasteiger partial charge in [-0.1, -0.05) is 18.2 Å². The van der Waals surface area contributed by atoms with Crippen molar-refractivity contribution in [1.82, 2.24) is 9.55 Å². The van der Waals surface area contributed by atoms with Gasteiger partial charge in [-0.05, 0) is 18.2 Å². The van der Waals surface area contributed by atoms with Crippen molar-refractivity contribution in [3.05, 3.63) is 48.8 Å². The summed E-state index contributed by atoms with van der Waals surface area (Å²) in [6.45, 7) is 0. The summed E-state index contributed by atoms with van der Waals surface area (Å²) < 4.78 is 34.2. The van der Waals surface area contributed by atoms with Crippen LogP contribution in [0.15, 0.2) is 53.7 Å². The lowest BCUT2D eigenvalue weighted by molar-refractivity contribution is 0.385. The zero-order chi connectivity index (χ0) is 16.6. The number of nitrogens with zero attached hydrogens (tertiary/aromatic N) is 3. The van der Waals surface area contributed by atoms with E-state index in [0.717, 1.165) is 10.9 Å². The molecule has 6 nitrogen and oxygen atoms in total. The van der Waals surface area contributed by atoms with E-state index in [1.54, 1.807) is 12.3 Å². The Balaban J connectivity index is 2.16. The molecule has 0 spiro atoms. The highest BCUT2D eigenvalue weighted by Crippen LogP contribution is 2.33. The van der Waals surface area contributed by atoms with Gasteiger partial charge in [0.05, 0.1) is 12.8 Å². The molecule has 0 saturated heterocycles. The van der Waals surface area contributed by atoms with Crippen molar-refractivity contribution in [2.24, 2.45) is 7.05 Å². The molecule has 0 aliphatic carbocycles. The molecule has 0 bridgehead atoms. The van der Waals surface area contributed by atoms with Gasteiger partial charge >= 0.3 is 0 Å². The topological polar surface area (TPSA) is 64.4 Å². The van der Waals surface area contributed by atoms with Crippen LogP contribution in [0.25, 0.3) is 10.9 Å². The zero-order valence-electron chi connectivity index (χ0n) is 13.1. The van der Waals surface area contributed by atoms with Crippen LogP contribution < -0.4 is 9.04 Å². The number of aryl methyl sites for hydroxylation is 1. The summed E-state index contributed by atoms with van der Waals surface area (Å²) >= 11 is 0. The summed E-state index contributed by atoms with van der Waals surface area (Å²) in [5.74, 6) is 0.0830. The molecule has 0 aliphatic rings. The van der Waals surface area contributed by atoms with Crippen LogP contribution in [0.1, 0.15) is 0 Å². The van der Waals surface area contributed by atoms with Gasteiger partial charge in [-0.3, -0.25) is 4.31 Å². The Labute approximate surface area is 135 Å². The molecule has 0 unspecified atom stereocenters. The van der Waals surface area contributed by atoms with E-state index in [1.165, 1.54) is 30.7 Å². The van der Waals surface area contributed by atoms with Crippen LogP contribution in [0, 0.1) is 0 Å². The highest BCUT2D eigenvalue weighted by molar-refractivity contribution is 7.93. The molecule has 0 fully saturated rings. The molecule has 0 radical (unpaired) electrons. The van der Waals surface area contributed by atoms with Crippen LogP contribution in [0.5, 0.6) is 5.88 Å². The number of rotatable bonds is 4. The minimum absolute atomic E-state index is 0.0398. The zero-order valence-corrected chi connectivity index (χ0v) is 13.9. The Hall–Kier alpha value is -2.54. The monoisotopic (exact) mass is 331 g/mol. The van der Waals surface area contributed by atoms with Crippen molar-refractivity contribution in [2.75, 3.05) is 18.5 Å². The van der Waals surface area contributed by atoms with Crippen LogP contribution in [0.3, 0.4) is 0 Å². The first-order valence-electron chi connectivity index (χ1n) is 6.99. The lowest BCUT2D eigenvalue weighted by Crippen LogP contribution is -2.27. The third kappa shape index (κ3) is 2.43. The van der Waals surface area contributed by atoms with Crippen molar-refractivity contribution < 1.29 is 13.2 Å². The minimum Gasteiger partial charge on any atom is -0.480 e. The number of fused-ring (bicyclic) bond motifs is 1. The van der Waals surface area contributed by atoms with E-state index in [-0.39, 0.29) is 10.8 Å². The quantitative estimate of drug-likeness (QED) is 0.736. The SMILES string of the molecule is COc1ncccc1S(=O)(=O)N(C)c1cn(C)c2ccccc12. The van der Waals surface area contributed by atoms with Crippen LogP contribution in [0.2, 0.25) is 0 Å². The lowest BCUT2D eigenvalue weighted by atomic mass is 10.2. The number of aromatic nitrogens is 2. The lowest BCUT2D eigenvalue weighted by Gasteiger charge is -2.19. The van der Waals surface area contributed by atoms with Gasteiger partial charge in [0.1, 0.15) is 4.90 Å². The first kappa shape index (κ1) is 15.4. The number of sulfonamides is 1. The maximum Gasteiger partial charge on any atom is 0.269 e. The number of hydrogen-bond acceptors (Lipinski definition) is 4. The summed E-state index contributed by atoms with van der Waals surface area (Å²) in [5.41, 5.74) is 1.57. The molecule has 3 aromatic rings. The van der Waals surface area contributed by atoms with E-state index in [1.807, 2.05) is 35.9 Å². The first-order valence-corrected chi connectivity index (χ1v) is 8.43. The predicted octanol–water partition coefficient (Wildman–Crippen LogP) is 2.41. The highest BCUT2D eigenvalue weighted by atomic mass is 32.2. The normalized spacial score (nSPS) is 11.6. The molecule has 7 heteroatoms. The smallest absolute Gasteiger partial charge is 0.269 e. The van der Waals surface area contributed by atoms with E-state index in [4.69, 9.17) is 4.74 Å². The average Bonchev–Trinajstić information content (AvgIpc) is 2.91. The van der Waals surface area contributed by atoms with Gasteiger partial charge in [-0.2, -0.15) is 0 Å². The summed E-state index contributed by atoms with van der Waals surface area (Å²) in [6, 6.07) is 10.7. The van der Waals surface area contributed by atoms with Crippen LogP contribution in [-0.4, -0.2) is 32.1 Å². The maximum absolute atomic E-state index is 13.0. The van der Waals surface area contributed by atoms with Crippen molar-refractivity contribution >= 4 is 26.6 Å². The average molecular weight is 331 g/mol. The van der Waals surface area contributed by atoms with E-state index in [9.17, 15) is 8.42 Å². The Morgan fingerprint density at radius 2 is 1.91 bits per heavy atom. The number of hydrogen-bond donors (Lipinski definition) is 0. The number of ether oxygens (including phenoxy) is 1. The second-order valence-corrected chi connectivity index (χ2v) is 7.06. The number of methoxy groups -OCH3 is 1. The fourth-order valence-electron chi connectivity index (χ4n) is 2.57.